The Morgan fingerprint density at radius 2 is 1.76 bits per heavy atom. The molecule has 1 amide bonds. The molecule has 2 aliphatic heterocycles. The van der Waals surface area contributed by atoms with Crippen molar-refractivity contribution < 1.29 is 22.7 Å². The first kappa shape index (κ1) is 23.6. The Balaban J connectivity index is 1.51. The fourth-order valence-corrected chi connectivity index (χ4v) is 5.05. The van der Waals surface area contributed by atoms with E-state index in [4.69, 9.17) is 10.1 Å². The second-order valence-corrected chi connectivity index (χ2v) is 10.6. The van der Waals surface area contributed by atoms with Crippen LogP contribution in [0.3, 0.4) is 0 Å². The second kappa shape index (κ2) is 8.99. The van der Waals surface area contributed by atoms with E-state index in [0.29, 0.717) is 22.8 Å². The van der Waals surface area contributed by atoms with Crippen molar-refractivity contribution in [2.45, 2.75) is 19.8 Å². The van der Waals surface area contributed by atoms with Crippen LogP contribution in [0.15, 0.2) is 63.5 Å². The number of esters is 1. The predicted octanol–water partition coefficient (Wildman–Crippen LogP) is 3.65. The lowest BCUT2D eigenvalue weighted by Gasteiger charge is -2.23. The maximum Gasteiger partial charge on any atom is 0.343 e. The van der Waals surface area contributed by atoms with Gasteiger partial charge in [0.15, 0.2) is 0 Å². The fraction of sp³-hybridized carbons (Fsp3) is 0.174. The number of carbonyl (C=O) groups excluding carboxylic acids is 2. The molecule has 11 heteroatoms. The Morgan fingerprint density at radius 3 is 2.35 bits per heavy atom. The Kier molecular flexibility index (Phi) is 6.24. The molecule has 0 fully saturated rings. The predicted molar refractivity (Wildman–Crippen MR) is 132 cm³/mol. The zero-order chi connectivity index (χ0) is 24.6. The first-order valence-electron chi connectivity index (χ1n) is 10.2. The van der Waals surface area contributed by atoms with Crippen LogP contribution in [-0.4, -0.2) is 47.6 Å². The summed E-state index contributed by atoms with van der Waals surface area (Å²) in [5, 5.41) is 8.04. The number of hydrogen-bond donors (Lipinski definition) is 1. The average Bonchev–Trinajstić information content (AvgIpc) is 3.22. The van der Waals surface area contributed by atoms with Crippen LogP contribution in [0.1, 0.15) is 41.3 Å². The van der Waals surface area contributed by atoms with Crippen molar-refractivity contribution in [2.75, 3.05) is 6.26 Å². The summed E-state index contributed by atoms with van der Waals surface area (Å²) in [6, 6.07) is 13.6. The normalized spacial score (nSPS) is 17.1. The zero-order valence-corrected chi connectivity index (χ0v) is 20.1. The van der Waals surface area contributed by atoms with E-state index in [2.05, 4.69) is 23.2 Å². The third-order valence-corrected chi connectivity index (χ3v) is 6.79. The van der Waals surface area contributed by atoms with E-state index in [1.165, 1.54) is 6.08 Å². The minimum atomic E-state index is -3.72. The number of fused-ring (bicyclic) bond motifs is 1. The number of nitrogens with one attached hydrogen (secondary N) is 1. The Bertz CT molecular complexity index is 1390. The molecule has 2 aromatic carbocycles. The number of nitrogens with zero attached hydrogens (tertiary/aromatic N) is 3. The van der Waals surface area contributed by atoms with Gasteiger partial charge >= 0.3 is 5.97 Å². The van der Waals surface area contributed by atoms with Gasteiger partial charge < -0.3 is 4.74 Å². The maximum absolute atomic E-state index is 12.4. The Morgan fingerprint density at radius 1 is 1.12 bits per heavy atom. The third-order valence-electron chi connectivity index (χ3n) is 5.04. The van der Waals surface area contributed by atoms with Crippen molar-refractivity contribution in [1.29, 1.82) is 5.41 Å². The molecule has 9 nitrogen and oxygen atoms in total. The van der Waals surface area contributed by atoms with Crippen molar-refractivity contribution >= 4 is 55.9 Å². The van der Waals surface area contributed by atoms with Crippen LogP contribution in [0.2, 0.25) is 0 Å². The van der Waals surface area contributed by atoms with E-state index in [-0.39, 0.29) is 21.7 Å². The highest BCUT2D eigenvalue weighted by Gasteiger charge is 2.41. The minimum absolute atomic E-state index is 0.0243. The van der Waals surface area contributed by atoms with Crippen molar-refractivity contribution in [3.05, 3.63) is 70.8 Å². The molecule has 2 aromatic rings. The van der Waals surface area contributed by atoms with Crippen LogP contribution in [-0.2, 0) is 14.6 Å². The van der Waals surface area contributed by atoms with Gasteiger partial charge in [0.2, 0.25) is 20.2 Å². The number of ether oxygens (including phenoxy) is 1. The second-order valence-electron chi connectivity index (χ2n) is 7.91. The number of amides is 1. The molecule has 2 aliphatic rings. The number of benzene rings is 2. The number of amidine groups is 3. The summed E-state index contributed by atoms with van der Waals surface area (Å²) in [5.41, 5.74) is 2.00. The van der Waals surface area contributed by atoms with Crippen molar-refractivity contribution in [2.24, 2.45) is 9.39 Å². The molecular formula is C23H20N4O5S2. The van der Waals surface area contributed by atoms with E-state index < -0.39 is 21.7 Å². The molecule has 0 bridgehead atoms. The standard InChI is InChI=1S/C23H20N4O5S2/c1-13(2)15-6-8-16(9-7-15)21(29)32-17-10-4-14(5-11-17)12-18-19(24)27-22(25-20(18)28)33-26-23(27)34(3,30)31/h4-13,24H,1-3H3/b18-12-,24-19?. The van der Waals surface area contributed by atoms with Gasteiger partial charge in [-0.05, 0) is 47.4 Å². The lowest BCUT2D eigenvalue weighted by molar-refractivity contribution is -0.114. The van der Waals surface area contributed by atoms with Gasteiger partial charge in [-0.25, -0.2) is 18.1 Å². The summed E-state index contributed by atoms with van der Waals surface area (Å²) in [5.74, 6) is -0.825. The van der Waals surface area contributed by atoms with Gasteiger partial charge in [0.05, 0.1) is 23.1 Å². The molecule has 0 spiro atoms. The summed E-state index contributed by atoms with van der Waals surface area (Å²) < 4.78 is 33.2. The molecule has 0 atom stereocenters. The summed E-state index contributed by atoms with van der Waals surface area (Å²) in [4.78, 5) is 29.7. The highest BCUT2D eigenvalue weighted by molar-refractivity contribution is 8.16. The molecule has 0 aromatic heterocycles. The topological polar surface area (TPSA) is 129 Å². The van der Waals surface area contributed by atoms with Gasteiger partial charge in [0, 0.05) is 6.26 Å². The van der Waals surface area contributed by atoms with Crippen LogP contribution < -0.4 is 4.74 Å². The van der Waals surface area contributed by atoms with Crippen LogP contribution in [0.25, 0.3) is 6.08 Å². The molecule has 4 rings (SSSR count). The molecule has 34 heavy (non-hydrogen) atoms. The minimum Gasteiger partial charge on any atom is -0.423 e. The SMILES string of the molecule is CC(C)c1ccc(C(=O)Oc2ccc(/C=C3/C(=N)N4C(=NC3=O)SN=C4S(C)(=O)=O)cc2)cc1. The largest absolute Gasteiger partial charge is 0.423 e. The molecule has 0 saturated heterocycles. The first-order chi connectivity index (χ1) is 16.0. The summed E-state index contributed by atoms with van der Waals surface area (Å²) in [6.45, 7) is 4.14. The monoisotopic (exact) mass is 496 g/mol. The van der Waals surface area contributed by atoms with Gasteiger partial charge in [-0.15, -0.1) is 0 Å². The van der Waals surface area contributed by atoms with Gasteiger partial charge in [-0.3, -0.25) is 10.2 Å². The summed E-state index contributed by atoms with van der Waals surface area (Å²) in [6.07, 6.45) is 2.39. The molecule has 174 valence electrons. The van der Waals surface area contributed by atoms with Crippen LogP contribution in [0.5, 0.6) is 5.75 Å². The molecule has 0 saturated carbocycles. The fourth-order valence-electron chi connectivity index (χ4n) is 3.21. The van der Waals surface area contributed by atoms with E-state index in [1.54, 1.807) is 36.4 Å². The van der Waals surface area contributed by atoms with Gasteiger partial charge in [0.1, 0.15) is 11.6 Å². The average molecular weight is 497 g/mol. The van der Waals surface area contributed by atoms with E-state index in [9.17, 15) is 18.0 Å². The molecular weight excluding hydrogens is 476 g/mol. The molecule has 0 aliphatic carbocycles. The molecule has 1 N–H and O–H groups in total. The highest BCUT2D eigenvalue weighted by Crippen LogP contribution is 2.30. The summed E-state index contributed by atoms with van der Waals surface area (Å²) in [7, 11) is -3.72. The smallest absolute Gasteiger partial charge is 0.343 e. The quantitative estimate of drug-likeness (QED) is 0.296. The van der Waals surface area contributed by atoms with Crippen LogP contribution in [0.4, 0.5) is 0 Å². The number of carbonyl (C=O) groups is 2. The van der Waals surface area contributed by atoms with E-state index in [0.717, 1.165) is 28.7 Å². The van der Waals surface area contributed by atoms with Crippen molar-refractivity contribution in [3.8, 4) is 5.75 Å². The molecule has 0 radical (unpaired) electrons. The Labute approximate surface area is 200 Å². The van der Waals surface area contributed by atoms with Crippen molar-refractivity contribution in [1.82, 2.24) is 4.90 Å². The highest BCUT2D eigenvalue weighted by atomic mass is 32.2. The van der Waals surface area contributed by atoms with E-state index >= 15 is 0 Å². The van der Waals surface area contributed by atoms with Gasteiger partial charge in [-0.1, -0.05) is 38.1 Å². The van der Waals surface area contributed by atoms with Crippen molar-refractivity contribution in [3.63, 3.8) is 0 Å². The number of aliphatic imine (C=N–C) groups is 1. The lowest BCUT2D eigenvalue weighted by Crippen LogP contribution is -2.45. The van der Waals surface area contributed by atoms with Gasteiger partial charge in [-0.2, -0.15) is 9.39 Å². The summed E-state index contributed by atoms with van der Waals surface area (Å²) >= 11 is 0.732. The number of sulfone groups is 1. The zero-order valence-electron chi connectivity index (χ0n) is 18.5. The maximum atomic E-state index is 12.4. The molecule has 2 heterocycles. The van der Waals surface area contributed by atoms with E-state index in [1.807, 2.05) is 12.1 Å². The first-order valence-corrected chi connectivity index (χ1v) is 12.8. The lowest BCUT2D eigenvalue weighted by atomic mass is 10.0. The molecule has 0 unspecified atom stereocenters. The van der Waals surface area contributed by atoms with Crippen LogP contribution >= 0.6 is 11.9 Å². The Hall–Kier alpha value is -3.57. The van der Waals surface area contributed by atoms with Gasteiger partial charge in [0.25, 0.3) is 5.91 Å². The number of hydrogen-bond acceptors (Lipinski definition) is 8. The van der Waals surface area contributed by atoms with Crippen LogP contribution in [0, 0.1) is 5.41 Å². The number of rotatable bonds is 4. The third kappa shape index (κ3) is 4.70.